The molecule has 0 spiro atoms. The number of esters is 1. The molecule has 0 radical (unpaired) electrons. The number of hydrogen-bond donors (Lipinski definition) is 1. The highest BCUT2D eigenvalue weighted by atomic mass is 16.5. The summed E-state index contributed by atoms with van der Waals surface area (Å²) in [5, 5.41) is 4.08. The first-order chi connectivity index (χ1) is 7.93. The van der Waals surface area contributed by atoms with Crippen LogP contribution < -0.4 is 5.73 Å². The van der Waals surface area contributed by atoms with Gasteiger partial charge in [0, 0.05) is 12.7 Å². The van der Waals surface area contributed by atoms with Gasteiger partial charge in [0.1, 0.15) is 0 Å². The smallest absolute Gasteiger partial charge is 0.361 e. The molecule has 0 saturated heterocycles. The molecule has 0 aliphatic carbocycles. The number of anilines is 1. The summed E-state index contributed by atoms with van der Waals surface area (Å²) < 4.78 is 6.92. The Bertz CT molecular complexity index is 385. The van der Waals surface area contributed by atoms with Crippen molar-refractivity contribution in [2.75, 3.05) is 5.73 Å². The van der Waals surface area contributed by atoms with Crippen LogP contribution in [0.1, 0.15) is 44.6 Å². The molecule has 1 heterocycles. The van der Waals surface area contributed by atoms with Gasteiger partial charge >= 0.3 is 5.97 Å². The zero-order valence-electron chi connectivity index (χ0n) is 10.9. The summed E-state index contributed by atoms with van der Waals surface area (Å²) in [5.41, 5.74) is 6.29. The summed E-state index contributed by atoms with van der Waals surface area (Å²) in [7, 11) is 0. The van der Waals surface area contributed by atoms with Gasteiger partial charge in [-0.1, -0.05) is 13.8 Å². The monoisotopic (exact) mass is 239 g/mol. The summed E-state index contributed by atoms with van der Waals surface area (Å²) in [5.74, 6) is 0.0474. The molecule has 96 valence electrons. The van der Waals surface area contributed by atoms with E-state index in [0.717, 1.165) is 6.42 Å². The van der Waals surface area contributed by atoms with Gasteiger partial charge in [0.05, 0.1) is 11.8 Å². The van der Waals surface area contributed by atoms with Crippen LogP contribution in [0.15, 0.2) is 6.20 Å². The summed E-state index contributed by atoms with van der Waals surface area (Å²) >= 11 is 0. The van der Waals surface area contributed by atoms with E-state index in [1.165, 1.54) is 0 Å². The summed E-state index contributed by atoms with van der Waals surface area (Å²) in [6.07, 6.45) is 2.36. The van der Waals surface area contributed by atoms with Crippen LogP contribution in [-0.2, 0) is 11.3 Å². The van der Waals surface area contributed by atoms with E-state index >= 15 is 0 Å². The van der Waals surface area contributed by atoms with Crippen molar-refractivity contribution >= 4 is 11.7 Å². The zero-order valence-corrected chi connectivity index (χ0v) is 10.9. The molecular formula is C12H21N3O2. The molecule has 1 aromatic heterocycles. The van der Waals surface area contributed by atoms with Crippen LogP contribution in [0.4, 0.5) is 5.69 Å². The minimum atomic E-state index is -0.442. The first-order valence-corrected chi connectivity index (χ1v) is 5.97. The van der Waals surface area contributed by atoms with Crippen LogP contribution in [0.25, 0.3) is 0 Å². The molecule has 5 heteroatoms. The zero-order chi connectivity index (χ0) is 13.0. The van der Waals surface area contributed by atoms with Crippen LogP contribution in [-0.4, -0.2) is 21.9 Å². The fourth-order valence-corrected chi connectivity index (χ4v) is 1.71. The lowest BCUT2D eigenvalue weighted by Gasteiger charge is -2.14. The Balaban J connectivity index is 2.66. The van der Waals surface area contributed by atoms with E-state index in [1.807, 2.05) is 13.8 Å². The number of carbonyl (C=O) groups excluding carboxylic acids is 1. The summed E-state index contributed by atoms with van der Waals surface area (Å²) in [6, 6.07) is 0. The quantitative estimate of drug-likeness (QED) is 0.798. The number of nitrogens with zero attached hydrogens (tertiary/aromatic N) is 2. The second kappa shape index (κ2) is 5.70. The summed E-state index contributed by atoms with van der Waals surface area (Å²) in [4.78, 5) is 11.8. The topological polar surface area (TPSA) is 70.1 Å². The van der Waals surface area contributed by atoms with Crippen LogP contribution >= 0.6 is 0 Å². The number of ether oxygens (including phenoxy) is 1. The number of carbonyl (C=O) groups is 1. The molecule has 0 aliphatic heterocycles. The molecular weight excluding hydrogens is 218 g/mol. The Morgan fingerprint density at radius 1 is 1.53 bits per heavy atom. The van der Waals surface area contributed by atoms with Crippen molar-refractivity contribution in [1.29, 1.82) is 0 Å². The van der Waals surface area contributed by atoms with Crippen molar-refractivity contribution in [3.05, 3.63) is 11.9 Å². The van der Waals surface area contributed by atoms with Gasteiger partial charge in [-0.3, -0.25) is 4.68 Å². The number of aromatic nitrogens is 2. The van der Waals surface area contributed by atoms with Crippen molar-refractivity contribution < 1.29 is 9.53 Å². The van der Waals surface area contributed by atoms with Gasteiger partial charge in [0.15, 0.2) is 5.69 Å². The molecule has 0 amide bonds. The standard InChI is InChI=1S/C12H21N3O2/c1-5-15-7-10(13)11(14-15)12(16)17-9(4)6-8(2)3/h7-9H,5-6,13H2,1-4H3. The van der Waals surface area contributed by atoms with Gasteiger partial charge in [0.2, 0.25) is 0 Å². The highest BCUT2D eigenvalue weighted by Crippen LogP contribution is 2.14. The SMILES string of the molecule is CCn1cc(N)c(C(=O)OC(C)CC(C)C)n1. The molecule has 1 aromatic rings. The molecule has 2 N–H and O–H groups in total. The molecule has 0 aromatic carbocycles. The maximum absolute atomic E-state index is 11.8. The molecule has 0 bridgehead atoms. The Hall–Kier alpha value is -1.52. The molecule has 1 atom stereocenters. The van der Waals surface area contributed by atoms with Crippen molar-refractivity contribution in [1.82, 2.24) is 9.78 Å². The van der Waals surface area contributed by atoms with E-state index in [9.17, 15) is 4.79 Å². The van der Waals surface area contributed by atoms with E-state index in [2.05, 4.69) is 18.9 Å². The minimum Gasteiger partial charge on any atom is -0.458 e. The van der Waals surface area contributed by atoms with E-state index < -0.39 is 5.97 Å². The Kier molecular flexibility index (Phi) is 4.54. The normalized spacial score (nSPS) is 12.8. The molecule has 0 fully saturated rings. The Morgan fingerprint density at radius 3 is 2.65 bits per heavy atom. The van der Waals surface area contributed by atoms with Crippen molar-refractivity contribution in [2.24, 2.45) is 5.92 Å². The van der Waals surface area contributed by atoms with Crippen molar-refractivity contribution in [3.8, 4) is 0 Å². The molecule has 0 saturated carbocycles. The highest BCUT2D eigenvalue weighted by molar-refractivity contribution is 5.92. The second-order valence-corrected chi connectivity index (χ2v) is 4.63. The number of hydrogen-bond acceptors (Lipinski definition) is 4. The third-order valence-electron chi connectivity index (χ3n) is 2.42. The van der Waals surface area contributed by atoms with E-state index in [-0.39, 0.29) is 11.8 Å². The average Bonchev–Trinajstić information content (AvgIpc) is 2.58. The van der Waals surface area contributed by atoms with Crippen LogP contribution in [0.2, 0.25) is 0 Å². The van der Waals surface area contributed by atoms with Crippen LogP contribution in [0, 0.1) is 5.92 Å². The molecule has 17 heavy (non-hydrogen) atoms. The Morgan fingerprint density at radius 2 is 2.18 bits per heavy atom. The van der Waals surface area contributed by atoms with E-state index in [4.69, 9.17) is 10.5 Å². The fourth-order valence-electron chi connectivity index (χ4n) is 1.71. The predicted octanol–water partition coefficient (Wildman–Crippen LogP) is 2.08. The third-order valence-corrected chi connectivity index (χ3v) is 2.42. The van der Waals surface area contributed by atoms with Crippen molar-refractivity contribution in [3.63, 3.8) is 0 Å². The first-order valence-electron chi connectivity index (χ1n) is 5.97. The number of nitrogen functional groups attached to an aromatic ring is 1. The maximum Gasteiger partial charge on any atom is 0.361 e. The first kappa shape index (κ1) is 13.5. The number of rotatable bonds is 5. The lowest BCUT2D eigenvalue weighted by atomic mass is 10.1. The third kappa shape index (κ3) is 3.76. The lowest BCUT2D eigenvalue weighted by Crippen LogP contribution is -2.18. The van der Waals surface area contributed by atoms with Gasteiger partial charge < -0.3 is 10.5 Å². The fraction of sp³-hybridized carbons (Fsp3) is 0.667. The van der Waals surface area contributed by atoms with Crippen molar-refractivity contribution in [2.45, 2.75) is 46.8 Å². The number of aryl methyl sites for hydroxylation is 1. The molecule has 1 unspecified atom stereocenters. The predicted molar refractivity (Wildman–Crippen MR) is 66.6 cm³/mol. The molecule has 1 rings (SSSR count). The van der Waals surface area contributed by atoms with Gasteiger partial charge in [0.25, 0.3) is 0 Å². The highest BCUT2D eigenvalue weighted by Gasteiger charge is 2.19. The van der Waals surface area contributed by atoms with E-state index in [1.54, 1.807) is 10.9 Å². The van der Waals surface area contributed by atoms with Crippen LogP contribution in [0.3, 0.4) is 0 Å². The minimum absolute atomic E-state index is 0.117. The van der Waals surface area contributed by atoms with Crippen LogP contribution in [0.5, 0.6) is 0 Å². The number of nitrogens with two attached hydrogens (primary N) is 1. The largest absolute Gasteiger partial charge is 0.458 e. The Labute approximate surface area is 102 Å². The van der Waals surface area contributed by atoms with E-state index in [0.29, 0.717) is 18.2 Å². The van der Waals surface area contributed by atoms with Gasteiger partial charge in [-0.2, -0.15) is 5.10 Å². The van der Waals surface area contributed by atoms with Gasteiger partial charge in [-0.15, -0.1) is 0 Å². The summed E-state index contributed by atoms with van der Waals surface area (Å²) in [6.45, 7) is 8.67. The second-order valence-electron chi connectivity index (χ2n) is 4.63. The molecule has 5 nitrogen and oxygen atoms in total. The maximum atomic E-state index is 11.8. The van der Waals surface area contributed by atoms with Gasteiger partial charge in [-0.05, 0) is 26.2 Å². The average molecular weight is 239 g/mol. The molecule has 0 aliphatic rings. The van der Waals surface area contributed by atoms with Gasteiger partial charge in [-0.25, -0.2) is 4.79 Å². The lowest BCUT2D eigenvalue weighted by molar-refractivity contribution is 0.0293.